The molecule has 0 saturated heterocycles. The van der Waals surface area contributed by atoms with Crippen LogP contribution < -0.4 is 5.73 Å². The van der Waals surface area contributed by atoms with E-state index in [0.29, 0.717) is 6.54 Å². The van der Waals surface area contributed by atoms with Crippen LogP contribution in [0.4, 0.5) is 5.69 Å². The lowest BCUT2D eigenvalue weighted by atomic mass is 10.1. The summed E-state index contributed by atoms with van der Waals surface area (Å²) in [6, 6.07) is 7.81. The van der Waals surface area contributed by atoms with Crippen molar-refractivity contribution in [3.8, 4) is 0 Å². The molecule has 0 amide bonds. The van der Waals surface area contributed by atoms with Gasteiger partial charge in [0.2, 0.25) is 0 Å². The first-order valence-corrected chi connectivity index (χ1v) is 5.12. The highest BCUT2D eigenvalue weighted by Gasteiger charge is 2.15. The van der Waals surface area contributed by atoms with Crippen molar-refractivity contribution < 1.29 is 5.11 Å². The number of hydrogen-bond donors (Lipinski definition) is 2. The van der Waals surface area contributed by atoms with Crippen LogP contribution in [0.1, 0.15) is 19.4 Å². The number of hydrogen-bond acceptors (Lipinski definition) is 3. The summed E-state index contributed by atoms with van der Waals surface area (Å²) in [6.45, 7) is 5.10. The Labute approximate surface area is 91.5 Å². The lowest BCUT2D eigenvalue weighted by molar-refractivity contribution is 0.0425. The predicted molar refractivity (Wildman–Crippen MR) is 63.5 cm³/mol. The van der Waals surface area contributed by atoms with Crippen molar-refractivity contribution >= 4 is 5.69 Å². The summed E-state index contributed by atoms with van der Waals surface area (Å²) in [7, 11) is 1.99. The topological polar surface area (TPSA) is 49.5 Å². The molecule has 84 valence electrons. The third-order valence-corrected chi connectivity index (χ3v) is 2.09. The van der Waals surface area contributed by atoms with Crippen molar-refractivity contribution in [1.29, 1.82) is 0 Å². The minimum atomic E-state index is -0.650. The smallest absolute Gasteiger partial charge is 0.0718 e. The zero-order valence-corrected chi connectivity index (χ0v) is 9.70. The molecule has 0 unspecified atom stereocenters. The van der Waals surface area contributed by atoms with Crippen molar-refractivity contribution in [2.75, 3.05) is 19.3 Å². The van der Waals surface area contributed by atoms with Crippen molar-refractivity contribution in [1.82, 2.24) is 4.90 Å². The molecule has 0 aliphatic carbocycles. The summed E-state index contributed by atoms with van der Waals surface area (Å²) >= 11 is 0. The van der Waals surface area contributed by atoms with Gasteiger partial charge in [-0.1, -0.05) is 12.1 Å². The molecular weight excluding hydrogens is 188 g/mol. The molecule has 0 aromatic heterocycles. The normalized spacial score (nSPS) is 12.1. The standard InChI is InChI=1S/C12H20N2O/c1-12(2,15)9-14(3)8-10-4-6-11(13)7-5-10/h4-7,15H,8-9,13H2,1-3H3. The summed E-state index contributed by atoms with van der Waals surface area (Å²) in [5.74, 6) is 0. The van der Waals surface area contributed by atoms with Gasteiger partial charge in [0.05, 0.1) is 5.60 Å². The van der Waals surface area contributed by atoms with Gasteiger partial charge in [-0.05, 0) is 38.6 Å². The van der Waals surface area contributed by atoms with Crippen LogP contribution in [0.3, 0.4) is 0 Å². The fraction of sp³-hybridized carbons (Fsp3) is 0.500. The second-order valence-corrected chi connectivity index (χ2v) is 4.73. The lowest BCUT2D eigenvalue weighted by Crippen LogP contribution is -2.35. The number of aliphatic hydroxyl groups is 1. The summed E-state index contributed by atoms with van der Waals surface area (Å²) in [4.78, 5) is 2.09. The molecule has 1 aromatic carbocycles. The molecule has 0 saturated carbocycles. The van der Waals surface area contributed by atoms with E-state index in [2.05, 4.69) is 4.90 Å². The lowest BCUT2D eigenvalue weighted by Gasteiger charge is -2.25. The van der Waals surface area contributed by atoms with E-state index in [1.807, 2.05) is 45.2 Å². The Balaban J connectivity index is 2.51. The number of rotatable bonds is 4. The number of nitrogen functional groups attached to an aromatic ring is 1. The van der Waals surface area contributed by atoms with E-state index in [-0.39, 0.29) is 0 Å². The van der Waals surface area contributed by atoms with E-state index in [9.17, 15) is 5.11 Å². The van der Waals surface area contributed by atoms with Crippen LogP contribution in [0.25, 0.3) is 0 Å². The van der Waals surface area contributed by atoms with Gasteiger partial charge in [-0.2, -0.15) is 0 Å². The van der Waals surface area contributed by atoms with Crippen LogP contribution in [0.2, 0.25) is 0 Å². The van der Waals surface area contributed by atoms with Gasteiger partial charge in [0.15, 0.2) is 0 Å². The first-order valence-electron chi connectivity index (χ1n) is 5.12. The molecule has 0 atom stereocenters. The Kier molecular flexibility index (Phi) is 3.72. The SMILES string of the molecule is CN(Cc1ccc(N)cc1)CC(C)(C)O. The van der Waals surface area contributed by atoms with Gasteiger partial charge < -0.3 is 10.8 Å². The molecule has 3 nitrogen and oxygen atoms in total. The average molecular weight is 208 g/mol. The first kappa shape index (κ1) is 12.0. The van der Waals surface area contributed by atoms with Crippen molar-refractivity contribution in [2.45, 2.75) is 26.0 Å². The molecule has 0 bridgehead atoms. The highest BCUT2D eigenvalue weighted by Crippen LogP contribution is 2.10. The number of likely N-dealkylation sites (N-methyl/N-ethyl adjacent to an activating group) is 1. The second kappa shape index (κ2) is 4.64. The molecule has 3 heteroatoms. The summed E-state index contributed by atoms with van der Waals surface area (Å²) in [6.07, 6.45) is 0. The summed E-state index contributed by atoms with van der Waals surface area (Å²) < 4.78 is 0. The van der Waals surface area contributed by atoms with Crippen LogP contribution in [0.15, 0.2) is 24.3 Å². The zero-order valence-electron chi connectivity index (χ0n) is 9.70. The Morgan fingerprint density at radius 1 is 1.27 bits per heavy atom. The molecule has 0 heterocycles. The number of nitrogens with two attached hydrogens (primary N) is 1. The highest BCUT2D eigenvalue weighted by molar-refractivity contribution is 5.39. The maximum absolute atomic E-state index is 9.65. The Morgan fingerprint density at radius 3 is 2.27 bits per heavy atom. The fourth-order valence-electron chi connectivity index (χ4n) is 1.65. The maximum Gasteiger partial charge on any atom is 0.0718 e. The van der Waals surface area contributed by atoms with E-state index >= 15 is 0 Å². The molecule has 3 N–H and O–H groups in total. The van der Waals surface area contributed by atoms with E-state index < -0.39 is 5.60 Å². The van der Waals surface area contributed by atoms with Crippen molar-refractivity contribution in [3.63, 3.8) is 0 Å². The molecule has 15 heavy (non-hydrogen) atoms. The molecule has 0 spiro atoms. The van der Waals surface area contributed by atoms with E-state index in [4.69, 9.17) is 5.73 Å². The van der Waals surface area contributed by atoms with Crippen LogP contribution >= 0.6 is 0 Å². The highest BCUT2D eigenvalue weighted by atomic mass is 16.3. The van der Waals surface area contributed by atoms with Gasteiger partial charge in [0.25, 0.3) is 0 Å². The first-order chi connectivity index (χ1) is 6.87. The summed E-state index contributed by atoms with van der Waals surface area (Å²) in [5, 5.41) is 9.65. The van der Waals surface area contributed by atoms with Gasteiger partial charge in [-0.25, -0.2) is 0 Å². The Morgan fingerprint density at radius 2 is 1.80 bits per heavy atom. The minimum absolute atomic E-state index is 0.650. The Hall–Kier alpha value is -1.06. The summed E-state index contributed by atoms with van der Waals surface area (Å²) in [5.41, 5.74) is 6.94. The predicted octanol–water partition coefficient (Wildman–Crippen LogP) is 1.47. The maximum atomic E-state index is 9.65. The van der Waals surface area contributed by atoms with E-state index in [0.717, 1.165) is 12.2 Å². The zero-order chi connectivity index (χ0) is 11.5. The van der Waals surface area contributed by atoms with Crippen LogP contribution in [-0.2, 0) is 6.54 Å². The van der Waals surface area contributed by atoms with Crippen molar-refractivity contribution in [2.24, 2.45) is 0 Å². The van der Waals surface area contributed by atoms with Crippen LogP contribution in [0.5, 0.6) is 0 Å². The van der Waals surface area contributed by atoms with Gasteiger partial charge in [-0.3, -0.25) is 4.90 Å². The number of anilines is 1. The van der Waals surface area contributed by atoms with Crippen molar-refractivity contribution in [3.05, 3.63) is 29.8 Å². The molecule has 1 rings (SSSR count). The molecule has 1 aromatic rings. The third kappa shape index (κ3) is 4.81. The largest absolute Gasteiger partial charge is 0.399 e. The number of benzene rings is 1. The molecule has 0 fully saturated rings. The monoisotopic (exact) mass is 208 g/mol. The fourth-order valence-corrected chi connectivity index (χ4v) is 1.65. The molecule has 0 radical (unpaired) electrons. The molecule has 0 aliphatic rings. The van der Waals surface area contributed by atoms with Crippen LogP contribution in [-0.4, -0.2) is 29.2 Å². The third-order valence-electron chi connectivity index (χ3n) is 2.09. The Bertz CT molecular complexity index is 300. The molecule has 0 aliphatic heterocycles. The van der Waals surface area contributed by atoms with E-state index in [1.165, 1.54) is 5.56 Å². The van der Waals surface area contributed by atoms with Gasteiger partial charge in [0, 0.05) is 18.8 Å². The minimum Gasteiger partial charge on any atom is -0.399 e. The van der Waals surface area contributed by atoms with Gasteiger partial charge >= 0.3 is 0 Å². The average Bonchev–Trinajstić information content (AvgIpc) is 2.05. The van der Waals surface area contributed by atoms with E-state index in [1.54, 1.807) is 0 Å². The van der Waals surface area contributed by atoms with Gasteiger partial charge in [0.1, 0.15) is 0 Å². The number of nitrogens with zero attached hydrogens (tertiary/aromatic N) is 1. The van der Waals surface area contributed by atoms with Crippen LogP contribution in [0, 0.1) is 0 Å². The molecular formula is C12H20N2O. The quantitative estimate of drug-likeness (QED) is 0.737. The van der Waals surface area contributed by atoms with Gasteiger partial charge in [-0.15, -0.1) is 0 Å². The second-order valence-electron chi connectivity index (χ2n) is 4.73.